The highest BCUT2D eigenvalue weighted by molar-refractivity contribution is 6.18. The monoisotopic (exact) mass is 252 g/mol. The molecule has 1 aliphatic carbocycles. The zero-order chi connectivity index (χ0) is 12.1. The van der Waals surface area contributed by atoms with E-state index in [-0.39, 0.29) is 0 Å². The summed E-state index contributed by atoms with van der Waals surface area (Å²) in [4.78, 5) is 4.21. The van der Waals surface area contributed by atoms with Gasteiger partial charge in [0.25, 0.3) is 0 Å². The molecule has 2 nitrogen and oxygen atoms in total. The highest BCUT2D eigenvalue weighted by atomic mass is 35.5. The van der Waals surface area contributed by atoms with Gasteiger partial charge in [0.2, 0.25) is 0 Å². The van der Waals surface area contributed by atoms with Crippen LogP contribution in [0.4, 0.5) is 0 Å². The fourth-order valence-electron chi connectivity index (χ4n) is 2.67. The van der Waals surface area contributed by atoms with Gasteiger partial charge in [0.05, 0.1) is 0 Å². The van der Waals surface area contributed by atoms with Crippen molar-refractivity contribution in [1.82, 2.24) is 10.3 Å². The Kier molecular flexibility index (Phi) is 4.41. The van der Waals surface area contributed by atoms with Crippen LogP contribution in [0.15, 0.2) is 18.5 Å². The largest absolute Gasteiger partial charge is 0.312 e. The van der Waals surface area contributed by atoms with Crippen molar-refractivity contribution in [2.45, 2.75) is 39.2 Å². The Morgan fingerprint density at radius 3 is 2.76 bits per heavy atom. The van der Waals surface area contributed by atoms with E-state index in [0.717, 1.165) is 19.0 Å². The molecule has 0 unspecified atom stereocenters. The average Bonchev–Trinajstić information content (AvgIpc) is 2.79. The van der Waals surface area contributed by atoms with E-state index in [4.69, 9.17) is 11.6 Å². The van der Waals surface area contributed by atoms with Gasteiger partial charge in [0.1, 0.15) is 0 Å². The minimum atomic E-state index is 0.346. The summed E-state index contributed by atoms with van der Waals surface area (Å²) in [7, 11) is 0. The molecule has 1 N–H and O–H groups in total. The van der Waals surface area contributed by atoms with Gasteiger partial charge in [-0.15, -0.1) is 11.6 Å². The molecule has 0 saturated heterocycles. The Morgan fingerprint density at radius 2 is 2.12 bits per heavy atom. The van der Waals surface area contributed by atoms with Crippen molar-refractivity contribution < 1.29 is 0 Å². The summed E-state index contributed by atoms with van der Waals surface area (Å²) in [5.74, 6) is 0.784. The van der Waals surface area contributed by atoms with Crippen molar-refractivity contribution in [3.8, 4) is 0 Å². The number of aromatic nitrogens is 1. The van der Waals surface area contributed by atoms with Gasteiger partial charge in [0.15, 0.2) is 0 Å². The smallest absolute Gasteiger partial charge is 0.0313 e. The van der Waals surface area contributed by atoms with Crippen molar-refractivity contribution in [1.29, 1.82) is 0 Å². The molecule has 1 aliphatic rings. The molecule has 0 spiro atoms. The van der Waals surface area contributed by atoms with Crippen LogP contribution in [0.2, 0.25) is 0 Å². The second-order valence-corrected chi connectivity index (χ2v) is 5.58. The summed E-state index contributed by atoms with van der Waals surface area (Å²) in [5.41, 5.74) is 2.82. The summed E-state index contributed by atoms with van der Waals surface area (Å²) in [6, 6.07) is 2.18. The van der Waals surface area contributed by atoms with Crippen LogP contribution >= 0.6 is 11.6 Å². The van der Waals surface area contributed by atoms with Crippen LogP contribution in [-0.4, -0.2) is 17.4 Å². The standard InChI is InChI=1S/C14H21ClN2/c1-12-6-13(8-16-7-12)9-17-11-14(10-15)4-2-3-5-14/h6-8,17H,2-5,9-11H2,1H3. The first-order valence-electron chi connectivity index (χ1n) is 6.41. The number of pyridine rings is 1. The first-order chi connectivity index (χ1) is 8.24. The lowest BCUT2D eigenvalue weighted by molar-refractivity contribution is 0.320. The number of alkyl halides is 1. The Labute approximate surface area is 109 Å². The minimum Gasteiger partial charge on any atom is -0.312 e. The molecule has 1 aromatic heterocycles. The summed E-state index contributed by atoms with van der Waals surface area (Å²) in [6.45, 7) is 4.01. The molecule has 0 radical (unpaired) electrons. The fourth-order valence-corrected chi connectivity index (χ4v) is 3.03. The number of rotatable bonds is 5. The second kappa shape index (κ2) is 5.83. The molecule has 1 fully saturated rings. The van der Waals surface area contributed by atoms with E-state index < -0.39 is 0 Å². The van der Waals surface area contributed by atoms with E-state index in [9.17, 15) is 0 Å². The molecule has 94 valence electrons. The number of aryl methyl sites for hydroxylation is 1. The third-order valence-electron chi connectivity index (χ3n) is 3.71. The highest BCUT2D eigenvalue weighted by Crippen LogP contribution is 2.38. The van der Waals surface area contributed by atoms with Crippen LogP contribution in [0, 0.1) is 12.3 Å². The van der Waals surface area contributed by atoms with Crippen LogP contribution in [0.3, 0.4) is 0 Å². The van der Waals surface area contributed by atoms with Crippen LogP contribution in [0.5, 0.6) is 0 Å². The Balaban J connectivity index is 1.82. The minimum absolute atomic E-state index is 0.346. The Hall–Kier alpha value is -0.600. The topological polar surface area (TPSA) is 24.9 Å². The van der Waals surface area contributed by atoms with E-state index in [2.05, 4.69) is 23.3 Å². The second-order valence-electron chi connectivity index (χ2n) is 5.31. The molecule has 0 aliphatic heterocycles. The molecule has 1 heterocycles. The van der Waals surface area contributed by atoms with Crippen molar-refractivity contribution in [2.24, 2.45) is 5.41 Å². The van der Waals surface area contributed by atoms with Crippen LogP contribution in [0.1, 0.15) is 36.8 Å². The van der Waals surface area contributed by atoms with Crippen molar-refractivity contribution in [3.63, 3.8) is 0 Å². The zero-order valence-electron chi connectivity index (χ0n) is 10.5. The predicted octanol–water partition coefficient (Wildman–Crippen LogP) is 3.28. The molecule has 2 rings (SSSR count). The molecule has 3 heteroatoms. The normalized spacial score (nSPS) is 18.5. The van der Waals surface area contributed by atoms with Crippen molar-refractivity contribution in [3.05, 3.63) is 29.6 Å². The van der Waals surface area contributed by atoms with Gasteiger partial charge < -0.3 is 5.32 Å². The third kappa shape index (κ3) is 3.43. The summed E-state index contributed by atoms with van der Waals surface area (Å²) < 4.78 is 0. The molecule has 17 heavy (non-hydrogen) atoms. The van der Waals surface area contributed by atoms with Gasteiger partial charge in [-0.3, -0.25) is 4.98 Å². The van der Waals surface area contributed by atoms with E-state index in [1.54, 1.807) is 0 Å². The maximum absolute atomic E-state index is 6.12. The zero-order valence-corrected chi connectivity index (χ0v) is 11.3. The van der Waals surface area contributed by atoms with E-state index in [1.807, 2.05) is 12.4 Å². The molecule has 1 aromatic rings. The summed E-state index contributed by atoms with van der Waals surface area (Å²) in [5, 5.41) is 3.54. The Morgan fingerprint density at radius 1 is 1.35 bits per heavy atom. The van der Waals surface area contributed by atoms with E-state index in [0.29, 0.717) is 5.41 Å². The lowest BCUT2D eigenvalue weighted by Gasteiger charge is -2.26. The van der Waals surface area contributed by atoms with Crippen molar-refractivity contribution in [2.75, 3.05) is 12.4 Å². The maximum atomic E-state index is 6.12. The highest BCUT2D eigenvalue weighted by Gasteiger charge is 2.32. The number of halogens is 1. The Bertz CT molecular complexity index is 359. The van der Waals surface area contributed by atoms with Gasteiger partial charge in [0, 0.05) is 31.4 Å². The third-order valence-corrected chi connectivity index (χ3v) is 4.28. The molecule has 0 aromatic carbocycles. The number of nitrogens with one attached hydrogen (secondary N) is 1. The predicted molar refractivity (Wildman–Crippen MR) is 72.3 cm³/mol. The molecular formula is C14H21ClN2. The number of hydrogen-bond acceptors (Lipinski definition) is 2. The fraction of sp³-hybridized carbons (Fsp3) is 0.643. The van der Waals surface area contributed by atoms with Crippen LogP contribution in [0.25, 0.3) is 0 Å². The molecular weight excluding hydrogens is 232 g/mol. The van der Waals surface area contributed by atoms with Gasteiger partial charge in [-0.1, -0.05) is 18.9 Å². The van der Waals surface area contributed by atoms with Gasteiger partial charge in [-0.05, 0) is 36.3 Å². The number of hydrogen-bond donors (Lipinski definition) is 1. The van der Waals surface area contributed by atoms with E-state index >= 15 is 0 Å². The van der Waals surface area contributed by atoms with Crippen molar-refractivity contribution >= 4 is 11.6 Å². The maximum Gasteiger partial charge on any atom is 0.0313 e. The first-order valence-corrected chi connectivity index (χ1v) is 6.95. The van der Waals surface area contributed by atoms with Crippen LogP contribution in [-0.2, 0) is 6.54 Å². The summed E-state index contributed by atoms with van der Waals surface area (Å²) in [6.07, 6.45) is 9.04. The molecule has 0 atom stereocenters. The first kappa shape index (κ1) is 12.8. The van der Waals surface area contributed by atoms with E-state index in [1.165, 1.54) is 36.8 Å². The lowest BCUT2D eigenvalue weighted by Crippen LogP contribution is -2.33. The SMILES string of the molecule is Cc1cncc(CNCC2(CCl)CCCC2)c1. The lowest BCUT2D eigenvalue weighted by atomic mass is 9.88. The quantitative estimate of drug-likeness (QED) is 0.814. The van der Waals surface area contributed by atoms with Gasteiger partial charge >= 0.3 is 0 Å². The number of nitrogens with zero attached hydrogens (tertiary/aromatic N) is 1. The van der Waals surface area contributed by atoms with Crippen LogP contribution < -0.4 is 5.32 Å². The van der Waals surface area contributed by atoms with Gasteiger partial charge in [-0.2, -0.15) is 0 Å². The molecule has 0 amide bonds. The molecule has 0 bridgehead atoms. The molecule has 1 saturated carbocycles. The van der Waals surface area contributed by atoms with Gasteiger partial charge in [-0.25, -0.2) is 0 Å². The average molecular weight is 253 g/mol. The summed E-state index contributed by atoms with van der Waals surface area (Å²) >= 11 is 6.12.